The predicted octanol–water partition coefficient (Wildman–Crippen LogP) is 5.28. The van der Waals surface area contributed by atoms with Gasteiger partial charge in [-0.2, -0.15) is 0 Å². The molecule has 0 unspecified atom stereocenters. The monoisotopic (exact) mass is 507 g/mol. The highest BCUT2D eigenvalue weighted by Gasteiger charge is 2.09. The van der Waals surface area contributed by atoms with Crippen LogP contribution in [-0.2, 0) is 23.2 Å². The van der Waals surface area contributed by atoms with Gasteiger partial charge in [0.15, 0.2) is 0 Å². The lowest BCUT2D eigenvalue weighted by atomic mass is 10.0. The van der Waals surface area contributed by atoms with Crippen LogP contribution in [0.3, 0.4) is 0 Å². The average Bonchev–Trinajstić information content (AvgIpc) is 3.19. The summed E-state index contributed by atoms with van der Waals surface area (Å²) in [4.78, 5) is 22.7. The Morgan fingerprint density at radius 3 is 2.09 bits per heavy atom. The van der Waals surface area contributed by atoms with E-state index in [4.69, 9.17) is 19.8 Å². The topological polar surface area (TPSA) is 104 Å². The second kappa shape index (κ2) is 11.1. The fraction of sp³-hybridized carbons (Fsp3) is 0.0800. The van der Waals surface area contributed by atoms with E-state index >= 15 is 0 Å². The molecular formula is C25H22BrN3O4. The lowest BCUT2D eigenvalue weighted by molar-refractivity contribution is -0.159. The smallest absolute Gasteiger partial charge is 0.414 e. The first-order valence-electron chi connectivity index (χ1n) is 9.97. The van der Waals surface area contributed by atoms with Gasteiger partial charge in [-0.1, -0.05) is 82.7 Å². The average molecular weight is 508 g/mol. The van der Waals surface area contributed by atoms with Gasteiger partial charge in [-0.25, -0.2) is 14.6 Å². The molecule has 0 aliphatic heterocycles. The molecule has 1 aromatic heterocycles. The number of nitrogens with one attached hydrogen (secondary N) is 1. The number of imidazole rings is 1. The van der Waals surface area contributed by atoms with Crippen LogP contribution >= 0.6 is 15.9 Å². The maximum absolute atomic E-state index is 9.10. The molecule has 0 radical (unpaired) electrons. The molecule has 0 spiro atoms. The van der Waals surface area contributed by atoms with Crippen molar-refractivity contribution in [3.8, 4) is 22.4 Å². The SMILES string of the molecule is Cn1c(-c2ccc(-c3ccccc3)cc2)cnc1NCc1cccc(Br)c1.O=C(O)C(=O)O. The van der Waals surface area contributed by atoms with E-state index in [-0.39, 0.29) is 0 Å². The Morgan fingerprint density at radius 2 is 1.48 bits per heavy atom. The van der Waals surface area contributed by atoms with Crippen molar-refractivity contribution < 1.29 is 19.8 Å². The molecule has 0 amide bonds. The van der Waals surface area contributed by atoms with E-state index in [1.165, 1.54) is 16.7 Å². The Labute approximate surface area is 199 Å². The van der Waals surface area contributed by atoms with Crippen LogP contribution in [0.4, 0.5) is 5.95 Å². The van der Waals surface area contributed by atoms with Crippen LogP contribution in [0.2, 0.25) is 0 Å². The second-order valence-electron chi connectivity index (χ2n) is 7.06. The molecule has 4 aromatic rings. The first-order chi connectivity index (χ1) is 15.8. The van der Waals surface area contributed by atoms with E-state index in [0.29, 0.717) is 0 Å². The van der Waals surface area contributed by atoms with Gasteiger partial charge < -0.3 is 20.1 Å². The second-order valence-corrected chi connectivity index (χ2v) is 7.98. The van der Waals surface area contributed by atoms with Gasteiger partial charge in [-0.3, -0.25) is 0 Å². The van der Waals surface area contributed by atoms with Crippen LogP contribution in [0.15, 0.2) is 89.5 Å². The summed E-state index contributed by atoms with van der Waals surface area (Å²) in [5.74, 6) is -2.79. The Kier molecular flexibility index (Phi) is 7.99. The summed E-state index contributed by atoms with van der Waals surface area (Å²) in [5.41, 5.74) is 5.90. The van der Waals surface area contributed by atoms with Crippen molar-refractivity contribution in [2.75, 3.05) is 5.32 Å². The molecule has 33 heavy (non-hydrogen) atoms. The third-order valence-corrected chi connectivity index (χ3v) is 5.29. The molecule has 0 fully saturated rings. The van der Waals surface area contributed by atoms with E-state index in [0.717, 1.165) is 28.2 Å². The van der Waals surface area contributed by atoms with Crippen molar-refractivity contribution in [3.63, 3.8) is 0 Å². The highest BCUT2D eigenvalue weighted by Crippen LogP contribution is 2.26. The maximum Gasteiger partial charge on any atom is 0.414 e. The summed E-state index contributed by atoms with van der Waals surface area (Å²) in [6, 6.07) is 27.3. The number of rotatable bonds is 5. The van der Waals surface area contributed by atoms with Crippen LogP contribution in [0.25, 0.3) is 22.4 Å². The number of nitrogens with zero attached hydrogens (tertiary/aromatic N) is 2. The maximum atomic E-state index is 9.10. The highest BCUT2D eigenvalue weighted by atomic mass is 79.9. The Balaban J connectivity index is 0.000000454. The standard InChI is InChI=1S/C23H20BrN3.C2H2O4/c1-27-22(16-26-23(27)25-15-17-6-5-9-21(24)14-17)20-12-10-19(11-13-20)18-7-3-2-4-8-18;3-1(4)2(5)6/h2-14,16H,15H2,1H3,(H,25,26);(H,3,4)(H,5,6). The number of aliphatic carboxylic acids is 2. The Bertz CT molecular complexity index is 1230. The zero-order chi connectivity index (χ0) is 23.8. The van der Waals surface area contributed by atoms with Gasteiger partial charge >= 0.3 is 11.9 Å². The van der Waals surface area contributed by atoms with Gasteiger partial charge in [0.25, 0.3) is 0 Å². The normalized spacial score (nSPS) is 10.1. The van der Waals surface area contributed by atoms with Crippen LogP contribution in [-0.4, -0.2) is 31.7 Å². The number of hydrogen-bond donors (Lipinski definition) is 3. The van der Waals surface area contributed by atoms with Crippen molar-refractivity contribution in [3.05, 3.63) is 95.1 Å². The lowest BCUT2D eigenvalue weighted by Crippen LogP contribution is -2.09. The highest BCUT2D eigenvalue weighted by molar-refractivity contribution is 9.10. The molecule has 0 saturated heterocycles. The molecule has 0 saturated carbocycles. The fourth-order valence-corrected chi connectivity index (χ4v) is 3.58. The van der Waals surface area contributed by atoms with E-state index < -0.39 is 11.9 Å². The van der Waals surface area contributed by atoms with Gasteiger partial charge in [0.1, 0.15) is 0 Å². The summed E-state index contributed by atoms with van der Waals surface area (Å²) < 4.78 is 3.18. The molecule has 168 valence electrons. The first-order valence-corrected chi connectivity index (χ1v) is 10.8. The molecule has 3 N–H and O–H groups in total. The Morgan fingerprint density at radius 1 is 0.879 bits per heavy atom. The van der Waals surface area contributed by atoms with Gasteiger partial charge in [0, 0.05) is 18.1 Å². The van der Waals surface area contributed by atoms with E-state index in [1.807, 2.05) is 31.4 Å². The molecule has 7 nitrogen and oxygen atoms in total. The molecule has 4 rings (SSSR count). The molecule has 0 bridgehead atoms. The predicted molar refractivity (Wildman–Crippen MR) is 131 cm³/mol. The summed E-state index contributed by atoms with van der Waals surface area (Å²) >= 11 is 3.51. The zero-order valence-electron chi connectivity index (χ0n) is 17.8. The van der Waals surface area contributed by atoms with Gasteiger partial charge in [-0.05, 0) is 34.4 Å². The van der Waals surface area contributed by atoms with Crippen molar-refractivity contribution in [2.24, 2.45) is 7.05 Å². The number of carbonyl (C=O) groups is 2. The summed E-state index contributed by atoms with van der Waals surface area (Å²) in [6.07, 6.45) is 1.92. The van der Waals surface area contributed by atoms with Crippen LogP contribution < -0.4 is 5.32 Å². The quantitative estimate of drug-likeness (QED) is 0.317. The van der Waals surface area contributed by atoms with Crippen molar-refractivity contribution >= 4 is 33.8 Å². The Hall–Kier alpha value is -3.91. The van der Waals surface area contributed by atoms with Crippen molar-refractivity contribution in [1.82, 2.24) is 9.55 Å². The third-order valence-electron chi connectivity index (χ3n) is 4.80. The molecule has 3 aromatic carbocycles. The number of halogens is 1. The molecule has 8 heteroatoms. The van der Waals surface area contributed by atoms with Crippen molar-refractivity contribution in [2.45, 2.75) is 6.54 Å². The van der Waals surface area contributed by atoms with E-state index in [2.05, 4.69) is 91.5 Å². The summed E-state index contributed by atoms with van der Waals surface area (Å²) in [6.45, 7) is 0.733. The number of anilines is 1. The number of benzene rings is 3. The minimum Gasteiger partial charge on any atom is -0.473 e. The van der Waals surface area contributed by atoms with Crippen molar-refractivity contribution in [1.29, 1.82) is 0 Å². The minimum absolute atomic E-state index is 0.733. The summed E-state index contributed by atoms with van der Waals surface area (Å²) in [5, 5.41) is 18.2. The van der Waals surface area contributed by atoms with Gasteiger partial charge in [0.05, 0.1) is 11.9 Å². The van der Waals surface area contributed by atoms with Gasteiger partial charge in [0.2, 0.25) is 5.95 Å². The number of carboxylic acid groups (broad SMARTS) is 2. The number of aromatic nitrogens is 2. The first kappa shape index (κ1) is 23.7. The molecule has 0 aliphatic rings. The van der Waals surface area contributed by atoms with Crippen LogP contribution in [0, 0.1) is 0 Å². The lowest BCUT2D eigenvalue weighted by Gasteiger charge is -2.09. The van der Waals surface area contributed by atoms with E-state index in [1.54, 1.807) is 0 Å². The molecule has 0 atom stereocenters. The fourth-order valence-electron chi connectivity index (χ4n) is 3.13. The number of hydrogen-bond acceptors (Lipinski definition) is 4. The largest absolute Gasteiger partial charge is 0.473 e. The third kappa shape index (κ3) is 6.54. The van der Waals surface area contributed by atoms with Gasteiger partial charge in [-0.15, -0.1) is 0 Å². The summed E-state index contributed by atoms with van der Waals surface area (Å²) in [7, 11) is 2.04. The minimum atomic E-state index is -1.82. The molecule has 0 aliphatic carbocycles. The van der Waals surface area contributed by atoms with Crippen LogP contribution in [0.1, 0.15) is 5.56 Å². The van der Waals surface area contributed by atoms with Crippen LogP contribution in [0.5, 0.6) is 0 Å². The van der Waals surface area contributed by atoms with E-state index in [9.17, 15) is 0 Å². The zero-order valence-corrected chi connectivity index (χ0v) is 19.4. The molecule has 1 heterocycles. The number of carboxylic acids is 2. The molecular weight excluding hydrogens is 486 g/mol.